The minimum atomic E-state index is -0.361. The Kier molecular flexibility index (Phi) is 3.52. The van der Waals surface area contributed by atoms with Crippen molar-refractivity contribution in [2.75, 3.05) is 19.8 Å². The number of carbonyl (C=O) groups is 1. The minimum absolute atomic E-state index is 0.0487. The van der Waals surface area contributed by atoms with Gasteiger partial charge in [0.2, 0.25) is 0 Å². The number of para-hydroxylation sites is 1. The van der Waals surface area contributed by atoms with E-state index in [1.807, 2.05) is 0 Å². The molecule has 20 heavy (non-hydrogen) atoms. The van der Waals surface area contributed by atoms with Crippen molar-refractivity contribution in [2.45, 2.75) is 6.42 Å². The lowest BCUT2D eigenvalue weighted by Crippen LogP contribution is -2.30. The highest BCUT2D eigenvalue weighted by molar-refractivity contribution is 5.93. The van der Waals surface area contributed by atoms with Crippen LogP contribution >= 0.6 is 0 Å². The predicted molar refractivity (Wildman–Crippen MR) is 73.7 cm³/mol. The number of amides is 1. The molecule has 1 aromatic heterocycles. The lowest BCUT2D eigenvalue weighted by molar-refractivity contribution is 0.0918. The van der Waals surface area contributed by atoms with Crippen molar-refractivity contribution in [1.82, 2.24) is 5.32 Å². The first-order valence-corrected chi connectivity index (χ1v) is 6.63. The van der Waals surface area contributed by atoms with Crippen LogP contribution in [0.15, 0.2) is 39.5 Å². The van der Waals surface area contributed by atoms with Crippen LogP contribution in [0.4, 0.5) is 0 Å². The number of nitrogens with one attached hydrogen (secondary N) is 1. The second kappa shape index (κ2) is 5.46. The van der Waals surface area contributed by atoms with Gasteiger partial charge in [-0.3, -0.25) is 9.59 Å². The van der Waals surface area contributed by atoms with E-state index in [4.69, 9.17) is 9.15 Å². The number of hydrogen-bond donors (Lipinski definition) is 1. The molecule has 1 saturated heterocycles. The maximum Gasteiger partial charge on any atom is 0.287 e. The van der Waals surface area contributed by atoms with E-state index in [0.717, 1.165) is 13.0 Å². The largest absolute Gasteiger partial charge is 0.451 e. The second-order valence-corrected chi connectivity index (χ2v) is 4.91. The molecule has 0 unspecified atom stereocenters. The normalized spacial score (nSPS) is 18.3. The highest BCUT2D eigenvalue weighted by atomic mass is 16.5. The van der Waals surface area contributed by atoms with Gasteiger partial charge in [-0.05, 0) is 18.6 Å². The van der Waals surface area contributed by atoms with E-state index in [2.05, 4.69) is 5.32 Å². The van der Waals surface area contributed by atoms with Gasteiger partial charge < -0.3 is 14.5 Å². The summed E-state index contributed by atoms with van der Waals surface area (Å²) in [5.41, 5.74) is 0.218. The van der Waals surface area contributed by atoms with Crippen molar-refractivity contribution < 1.29 is 13.9 Å². The summed E-state index contributed by atoms with van der Waals surface area (Å²) in [4.78, 5) is 23.9. The number of benzene rings is 1. The Bertz CT molecular complexity index is 686. The van der Waals surface area contributed by atoms with Crippen LogP contribution in [0.2, 0.25) is 0 Å². The molecule has 104 valence electrons. The maximum absolute atomic E-state index is 12.0. The molecule has 5 nitrogen and oxygen atoms in total. The second-order valence-electron chi connectivity index (χ2n) is 4.91. The quantitative estimate of drug-likeness (QED) is 0.921. The van der Waals surface area contributed by atoms with Crippen molar-refractivity contribution in [3.05, 3.63) is 46.3 Å². The zero-order chi connectivity index (χ0) is 13.9. The number of carbonyl (C=O) groups excluding carboxylic acids is 1. The van der Waals surface area contributed by atoms with Crippen LogP contribution < -0.4 is 10.7 Å². The molecule has 1 aliphatic heterocycles. The van der Waals surface area contributed by atoms with Crippen molar-refractivity contribution in [1.29, 1.82) is 0 Å². The van der Waals surface area contributed by atoms with Gasteiger partial charge in [0.25, 0.3) is 5.91 Å². The fourth-order valence-corrected chi connectivity index (χ4v) is 2.28. The Morgan fingerprint density at radius 3 is 3.00 bits per heavy atom. The van der Waals surface area contributed by atoms with Crippen molar-refractivity contribution in [2.24, 2.45) is 5.92 Å². The van der Waals surface area contributed by atoms with Gasteiger partial charge >= 0.3 is 0 Å². The molecule has 0 aliphatic carbocycles. The van der Waals surface area contributed by atoms with Crippen molar-refractivity contribution in [3.63, 3.8) is 0 Å². The van der Waals surface area contributed by atoms with E-state index in [1.54, 1.807) is 24.3 Å². The average Bonchev–Trinajstić information content (AvgIpc) is 2.98. The van der Waals surface area contributed by atoms with Gasteiger partial charge in [0.1, 0.15) is 5.58 Å². The van der Waals surface area contributed by atoms with Crippen LogP contribution in [-0.4, -0.2) is 25.7 Å². The first kappa shape index (κ1) is 12.9. The van der Waals surface area contributed by atoms with Gasteiger partial charge in [-0.1, -0.05) is 12.1 Å². The molecule has 0 saturated carbocycles. The van der Waals surface area contributed by atoms with Gasteiger partial charge in [0.15, 0.2) is 11.2 Å². The zero-order valence-corrected chi connectivity index (χ0v) is 10.9. The number of hydrogen-bond acceptors (Lipinski definition) is 4. The lowest BCUT2D eigenvalue weighted by Gasteiger charge is -2.09. The van der Waals surface area contributed by atoms with Crippen molar-refractivity contribution in [3.8, 4) is 0 Å². The highest BCUT2D eigenvalue weighted by Gasteiger charge is 2.18. The molecule has 0 bridgehead atoms. The smallest absolute Gasteiger partial charge is 0.287 e. The monoisotopic (exact) mass is 273 g/mol. The third-order valence-corrected chi connectivity index (χ3v) is 3.43. The number of rotatable bonds is 3. The van der Waals surface area contributed by atoms with Crippen molar-refractivity contribution >= 4 is 16.9 Å². The molecule has 5 heteroatoms. The minimum Gasteiger partial charge on any atom is -0.451 e. The third kappa shape index (κ3) is 2.58. The molecule has 2 heterocycles. The maximum atomic E-state index is 12.0. The fourth-order valence-electron chi connectivity index (χ4n) is 2.28. The molecular weight excluding hydrogens is 258 g/mol. The summed E-state index contributed by atoms with van der Waals surface area (Å²) < 4.78 is 10.7. The standard InChI is InChI=1S/C15H15NO4/c17-12-7-14(20-13-4-2-1-3-11(12)13)15(18)16-8-10-5-6-19-9-10/h1-4,7,10H,5-6,8-9H2,(H,16,18)/t10-/m1/s1. The topological polar surface area (TPSA) is 68.5 Å². The van der Waals surface area contributed by atoms with Gasteiger partial charge in [-0.25, -0.2) is 0 Å². The van der Waals surface area contributed by atoms with Crippen LogP contribution in [0.5, 0.6) is 0 Å². The summed E-state index contributed by atoms with van der Waals surface area (Å²) in [5, 5.41) is 3.26. The molecule has 1 fully saturated rings. The van der Waals surface area contributed by atoms with E-state index in [1.165, 1.54) is 6.07 Å². The SMILES string of the molecule is O=C(NC[C@H]1CCOC1)c1cc(=O)c2ccccc2o1. The first-order valence-electron chi connectivity index (χ1n) is 6.63. The Morgan fingerprint density at radius 2 is 2.20 bits per heavy atom. The van der Waals surface area contributed by atoms with Crippen LogP contribution in [0, 0.1) is 5.92 Å². The predicted octanol–water partition coefficient (Wildman–Crippen LogP) is 1.56. The van der Waals surface area contributed by atoms with E-state index in [-0.39, 0.29) is 17.1 Å². The number of fused-ring (bicyclic) bond motifs is 1. The Hall–Kier alpha value is -2.14. The molecule has 1 atom stereocenters. The van der Waals surface area contributed by atoms with E-state index < -0.39 is 0 Å². The van der Waals surface area contributed by atoms with E-state index >= 15 is 0 Å². The molecule has 1 aromatic carbocycles. The van der Waals surface area contributed by atoms with E-state index in [0.29, 0.717) is 30.0 Å². The van der Waals surface area contributed by atoms with Crippen LogP contribution in [-0.2, 0) is 4.74 Å². The Morgan fingerprint density at radius 1 is 1.35 bits per heavy atom. The van der Waals surface area contributed by atoms with Gasteiger partial charge in [0, 0.05) is 25.1 Å². The molecule has 1 amide bonds. The summed E-state index contributed by atoms with van der Waals surface area (Å²) in [6.07, 6.45) is 0.946. The van der Waals surface area contributed by atoms with Crippen LogP contribution in [0.25, 0.3) is 11.0 Å². The summed E-state index contributed by atoms with van der Waals surface area (Å²) in [6, 6.07) is 8.13. The van der Waals surface area contributed by atoms with Crippen LogP contribution in [0.3, 0.4) is 0 Å². The van der Waals surface area contributed by atoms with Crippen LogP contribution in [0.1, 0.15) is 17.0 Å². The van der Waals surface area contributed by atoms with E-state index in [9.17, 15) is 9.59 Å². The molecule has 0 spiro atoms. The molecule has 2 aromatic rings. The number of ether oxygens (including phenoxy) is 1. The Labute approximate surface area is 115 Å². The summed E-state index contributed by atoms with van der Waals surface area (Å²) in [5.74, 6) is 0.0264. The molecule has 1 aliphatic rings. The fraction of sp³-hybridized carbons (Fsp3) is 0.333. The zero-order valence-electron chi connectivity index (χ0n) is 10.9. The molecule has 1 N–H and O–H groups in total. The van der Waals surface area contributed by atoms with Gasteiger partial charge in [-0.2, -0.15) is 0 Å². The summed E-state index contributed by atoms with van der Waals surface area (Å²) in [7, 11) is 0. The first-order chi connectivity index (χ1) is 9.74. The highest BCUT2D eigenvalue weighted by Crippen LogP contribution is 2.13. The van der Waals surface area contributed by atoms with Gasteiger partial charge in [-0.15, -0.1) is 0 Å². The molecule has 0 radical (unpaired) electrons. The third-order valence-electron chi connectivity index (χ3n) is 3.43. The average molecular weight is 273 g/mol. The Balaban J connectivity index is 1.79. The lowest BCUT2D eigenvalue weighted by atomic mass is 10.1. The summed E-state index contributed by atoms with van der Waals surface area (Å²) in [6.45, 7) is 1.95. The van der Waals surface area contributed by atoms with Gasteiger partial charge in [0.05, 0.1) is 12.0 Å². The summed E-state index contributed by atoms with van der Waals surface area (Å²) >= 11 is 0. The molecule has 3 rings (SSSR count). The molecular formula is C15H15NO4.